The number of ether oxygens (including phenoxy) is 1. The monoisotopic (exact) mass is 731 g/mol. The minimum Gasteiger partial charge on any atom is -0.460 e. The van der Waals surface area contributed by atoms with Crippen LogP contribution in [-0.4, -0.2) is 94.7 Å². The van der Waals surface area contributed by atoms with Crippen molar-refractivity contribution in [2.45, 2.75) is 148 Å². The molecule has 1 aromatic carbocycles. The number of aliphatic hydroxyl groups is 2. The van der Waals surface area contributed by atoms with E-state index in [-0.39, 0.29) is 25.2 Å². The zero-order valence-electron chi connectivity index (χ0n) is 31.6. The summed E-state index contributed by atoms with van der Waals surface area (Å²) in [4.78, 5) is 81.7. The van der Waals surface area contributed by atoms with Crippen LogP contribution in [0.5, 0.6) is 0 Å². The number of hydrogen-bond acceptors (Lipinski definition) is 9. The highest BCUT2D eigenvalue weighted by molar-refractivity contribution is 5.96. The molecular weight excluding hydrogens is 670 g/mol. The zero-order chi connectivity index (χ0) is 38.8. The van der Waals surface area contributed by atoms with Crippen LogP contribution in [0.25, 0.3) is 0 Å². The summed E-state index contributed by atoms with van der Waals surface area (Å²) in [6.45, 7) is 9.86. The van der Waals surface area contributed by atoms with Crippen molar-refractivity contribution >= 4 is 35.5 Å². The third-order valence-corrected chi connectivity index (χ3v) is 9.24. The van der Waals surface area contributed by atoms with E-state index in [1.165, 1.54) is 6.92 Å². The lowest BCUT2D eigenvalue weighted by Gasteiger charge is -2.29. The first-order chi connectivity index (χ1) is 24.7. The van der Waals surface area contributed by atoms with Crippen molar-refractivity contribution in [3.8, 4) is 0 Å². The van der Waals surface area contributed by atoms with E-state index in [1.807, 2.05) is 20.8 Å². The van der Waals surface area contributed by atoms with Crippen molar-refractivity contribution < 1.29 is 43.7 Å². The highest BCUT2D eigenvalue weighted by Gasteiger charge is 2.36. The Morgan fingerprint density at radius 3 is 1.92 bits per heavy atom. The number of aliphatic hydroxyl groups excluding tert-OH is 2. The number of benzene rings is 1. The van der Waals surface area contributed by atoms with Gasteiger partial charge in [-0.3, -0.25) is 24.0 Å². The number of amides is 5. The molecule has 14 nitrogen and oxygen atoms in total. The maximum Gasteiger partial charge on any atom is 0.329 e. The molecule has 5 amide bonds. The van der Waals surface area contributed by atoms with E-state index >= 15 is 0 Å². The van der Waals surface area contributed by atoms with Gasteiger partial charge in [0.15, 0.2) is 0 Å². The van der Waals surface area contributed by atoms with Gasteiger partial charge in [0.1, 0.15) is 36.3 Å². The molecule has 0 bridgehead atoms. The van der Waals surface area contributed by atoms with E-state index in [0.717, 1.165) is 25.7 Å². The second-order valence-electron chi connectivity index (χ2n) is 14.3. The van der Waals surface area contributed by atoms with E-state index in [0.29, 0.717) is 24.8 Å². The predicted octanol–water partition coefficient (Wildman–Crippen LogP) is 1.79. The molecule has 0 radical (unpaired) electrons. The number of unbranched alkanes of at least 4 members (excludes halogenated alkanes) is 4. The van der Waals surface area contributed by atoms with Gasteiger partial charge in [-0.15, -0.1) is 0 Å². The fourth-order valence-electron chi connectivity index (χ4n) is 5.95. The first-order valence-corrected chi connectivity index (χ1v) is 18.7. The Bertz CT molecular complexity index is 1310. The number of hydrogen-bond donors (Lipinski definition) is 7. The van der Waals surface area contributed by atoms with Crippen molar-refractivity contribution in [3.63, 3.8) is 0 Å². The molecule has 292 valence electrons. The molecule has 0 aromatic heterocycles. The molecule has 52 heavy (non-hydrogen) atoms. The summed E-state index contributed by atoms with van der Waals surface area (Å²) in [6.07, 6.45) is 3.15. The first kappa shape index (κ1) is 44.1. The maximum atomic E-state index is 14.0. The summed E-state index contributed by atoms with van der Waals surface area (Å²) in [5.41, 5.74) is 0.690. The van der Waals surface area contributed by atoms with Crippen molar-refractivity contribution in [1.29, 1.82) is 0 Å². The molecule has 1 aliphatic heterocycles. The van der Waals surface area contributed by atoms with Gasteiger partial charge in [0, 0.05) is 6.42 Å². The standard InChI is InChI=1S/C38H61N5O9/c1-7-9-10-11-15-18-27-21-31(46)39-28(19-23(3)4)34(47)41-30(22-44)36(49)43-33(25(6)45)37(50)40-29(20-26-16-13-12-14-17-26)35(48)42-32(24(5)8-2)38(51)52-27/h12-14,16-17,23-25,27-30,32-33,44-45H,7-11,15,18-22H2,1-6H3,(H,39,46)(H,40,50)(H,41,47)(H,42,48)(H,43,49)/t24-,25-,27+,28-,29+,30-,32+,33-/m0/s1. The van der Waals surface area contributed by atoms with Crippen LogP contribution in [0, 0.1) is 11.8 Å². The summed E-state index contributed by atoms with van der Waals surface area (Å²) >= 11 is 0. The molecule has 1 saturated heterocycles. The molecule has 14 heteroatoms. The summed E-state index contributed by atoms with van der Waals surface area (Å²) < 4.78 is 5.97. The van der Waals surface area contributed by atoms with Crippen molar-refractivity contribution in [3.05, 3.63) is 35.9 Å². The molecule has 0 spiro atoms. The average molecular weight is 732 g/mol. The summed E-state index contributed by atoms with van der Waals surface area (Å²) in [7, 11) is 0. The van der Waals surface area contributed by atoms with E-state index in [9.17, 15) is 39.0 Å². The topological polar surface area (TPSA) is 212 Å². The van der Waals surface area contributed by atoms with Crippen LogP contribution in [0.2, 0.25) is 0 Å². The SMILES string of the molecule is CCCCCCC[C@@H]1CC(=O)N[C@@H](CC(C)C)C(=O)N[C@@H](CO)C(=O)N[C@@H]([C@H](C)O)C(=O)N[C@H](Cc2ccccc2)C(=O)N[C@H]([C@@H](C)CC)C(=O)O1. The Kier molecular flexibility index (Phi) is 19.3. The van der Waals surface area contributed by atoms with Crippen LogP contribution in [0.1, 0.15) is 105 Å². The Hall–Kier alpha value is -4.04. The molecule has 1 heterocycles. The molecule has 7 N–H and O–H groups in total. The van der Waals surface area contributed by atoms with Gasteiger partial charge in [-0.05, 0) is 43.6 Å². The summed E-state index contributed by atoms with van der Waals surface area (Å²) in [5.74, 6) is -5.04. The molecule has 0 saturated carbocycles. The third kappa shape index (κ3) is 14.9. The predicted molar refractivity (Wildman–Crippen MR) is 195 cm³/mol. The quantitative estimate of drug-likeness (QED) is 0.110. The lowest BCUT2D eigenvalue weighted by molar-refractivity contribution is -0.156. The molecule has 8 atom stereocenters. The van der Waals surface area contributed by atoms with Gasteiger partial charge in [-0.2, -0.15) is 0 Å². The Labute approximate surface area is 308 Å². The number of cyclic esters (lactones) is 1. The van der Waals surface area contributed by atoms with Crippen molar-refractivity contribution in [2.24, 2.45) is 11.8 Å². The van der Waals surface area contributed by atoms with Crippen LogP contribution < -0.4 is 26.6 Å². The van der Waals surface area contributed by atoms with Gasteiger partial charge in [-0.25, -0.2) is 4.79 Å². The lowest BCUT2D eigenvalue weighted by Crippen LogP contribution is -2.62. The van der Waals surface area contributed by atoms with Crippen LogP contribution in [0.4, 0.5) is 0 Å². The average Bonchev–Trinajstić information content (AvgIpc) is 3.09. The molecule has 0 unspecified atom stereocenters. The van der Waals surface area contributed by atoms with Gasteiger partial charge < -0.3 is 41.5 Å². The van der Waals surface area contributed by atoms with E-state index < -0.39 is 90.4 Å². The summed E-state index contributed by atoms with van der Waals surface area (Å²) in [5, 5.41) is 33.6. The van der Waals surface area contributed by atoms with Crippen molar-refractivity contribution in [1.82, 2.24) is 26.6 Å². The van der Waals surface area contributed by atoms with Crippen LogP contribution in [-0.2, 0) is 39.9 Å². The second-order valence-corrected chi connectivity index (χ2v) is 14.3. The van der Waals surface area contributed by atoms with Gasteiger partial charge in [0.25, 0.3) is 0 Å². The van der Waals surface area contributed by atoms with Crippen LogP contribution in [0.15, 0.2) is 30.3 Å². The largest absolute Gasteiger partial charge is 0.460 e. The molecule has 2 rings (SSSR count). The molecule has 1 fully saturated rings. The minimum atomic E-state index is -1.59. The van der Waals surface area contributed by atoms with Crippen LogP contribution in [0.3, 0.4) is 0 Å². The summed E-state index contributed by atoms with van der Waals surface area (Å²) in [6, 6.07) is 2.26. The third-order valence-electron chi connectivity index (χ3n) is 9.24. The number of esters is 1. The fourth-order valence-corrected chi connectivity index (χ4v) is 5.95. The Morgan fingerprint density at radius 2 is 1.33 bits per heavy atom. The van der Waals surface area contributed by atoms with Crippen molar-refractivity contribution in [2.75, 3.05) is 6.61 Å². The first-order valence-electron chi connectivity index (χ1n) is 18.7. The number of carbonyl (C=O) groups is 6. The molecule has 0 aliphatic carbocycles. The van der Waals surface area contributed by atoms with E-state index in [4.69, 9.17) is 4.74 Å². The number of rotatable bonds is 14. The fraction of sp³-hybridized carbons (Fsp3) is 0.684. The van der Waals surface area contributed by atoms with Gasteiger partial charge in [0.05, 0.1) is 19.1 Å². The Morgan fingerprint density at radius 1 is 0.731 bits per heavy atom. The second kappa shape index (κ2) is 22.8. The van der Waals surface area contributed by atoms with Crippen LogP contribution >= 0.6 is 0 Å². The van der Waals surface area contributed by atoms with E-state index in [1.54, 1.807) is 37.3 Å². The van der Waals surface area contributed by atoms with Gasteiger partial charge in [-0.1, -0.05) is 97.1 Å². The van der Waals surface area contributed by atoms with Gasteiger partial charge >= 0.3 is 5.97 Å². The molecular formula is C38H61N5O9. The smallest absolute Gasteiger partial charge is 0.329 e. The minimum absolute atomic E-state index is 0.00822. The highest BCUT2D eigenvalue weighted by atomic mass is 16.5. The molecule has 1 aliphatic rings. The maximum absolute atomic E-state index is 14.0. The molecule has 1 aromatic rings. The van der Waals surface area contributed by atoms with Gasteiger partial charge in [0.2, 0.25) is 29.5 Å². The van der Waals surface area contributed by atoms with E-state index in [2.05, 4.69) is 33.5 Å². The number of nitrogens with one attached hydrogen (secondary N) is 5. The highest BCUT2D eigenvalue weighted by Crippen LogP contribution is 2.18. The lowest BCUT2D eigenvalue weighted by atomic mass is 9.97. The normalized spacial score (nSPS) is 25.6. The number of carbonyl (C=O) groups excluding carboxylic acids is 6. The zero-order valence-corrected chi connectivity index (χ0v) is 31.6. The Balaban J connectivity index is 2.60.